The molecule has 134 valence electrons. The minimum Gasteiger partial charge on any atom is -0.493 e. The molecule has 0 aliphatic carbocycles. The maximum Gasteiger partial charge on any atom is 0.317 e. The molecule has 2 rings (SSSR count). The van der Waals surface area contributed by atoms with Crippen molar-refractivity contribution in [2.24, 2.45) is 5.92 Å². The van der Waals surface area contributed by atoms with Gasteiger partial charge in [-0.1, -0.05) is 19.9 Å². The number of hydrogen-bond donors (Lipinski definition) is 1. The van der Waals surface area contributed by atoms with Crippen LogP contribution in [0.2, 0.25) is 0 Å². The molecule has 0 aromatic heterocycles. The second-order valence-corrected chi connectivity index (χ2v) is 6.25. The van der Waals surface area contributed by atoms with Gasteiger partial charge >= 0.3 is 6.03 Å². The van der Waals surface area contributed by atoms with Gasteiger partial charge in [-0.25, -0.2) is 4.79 Å². The molecular weight excluding hydrogens is 308 g/mol. The molecule has 1 aliphatic rings. The van der Waals surface area contributed by atoms with Crippen LogP contribution in [0.1, 0.15) is 25.3 Å². The number of rotatable bonds is 6. The number of nitrogens with zero attached hydrogens (tertiary/aromatic N) is 1. The smallest absolute Gasteiger partial charge is 0.317 e. The average molecular weight is 336 g/mol. The predicted octanol–water partition coefficient (Wildman–Crippen LogP) is 2.49. The number of carbonyl (C=O) groups excluding carboxylic acids is 1. The molecule has 6 heteroatoms. The molecule has 1 atom stereocenters. The molecule has 0 saturated carbocycles. The molecule has 0 bridgehead atoms. The van der Waals surface area contributed by atoms with Crippen molar-refractivity contribution < 1.29 is 19.0 Å². The van der Waals surface area contributed by atoms with Crippen LogP contribution >= 0.6 is 0 Å². The lowest BCUT2D eigenvalue weighted by molar-refractivity contribution is 0.0531. The van der Waals surface area contributed by atoms with Gasteiger partial charge in [0.25, 0.3) is 0 Å². The quantitative estimate of drug-likeness (QED) is 0.867. The summed E-state index contributed by atoms with van der Waals surface area (Å²) in [5, 5.41) is 3.06. The van der Waals surface area contributed by atoms with Gasteiger partial charge in [0.1, 0.15) is 0 Å². The highest BCUT2D eigenvalue weighted by Gasteiger charge is 2.21. The summed E-state index contributed by atoms with van der Waals surface area (Å²) in [4.78, 5) is 14.1. The van der Waals surface area contributed by atoms with Crippen molar-refractivity contribution in [2.45, 2.75) is 19.8 Å². The lowest BCUT2D eigenvalue weighted by Gasteiger charge is -2.29. The van der Waals surface area contributed by atoms with E-state index in [0.717, 1.165) is 5.56 Å². The van der Waals surface area contributed by atoms with Crippen molar-refractivity contribution >= 4 is 6.03 Å². The van der Waals surface area contributed by atoms with Gasteiger partial charge < -0.3 is 24.4 Å². The van der Waals surface area contributed by atoms with E-state index < -0.39 is 0 Å². The van der Waals surface area contributed by atoms with Gasteiger partial charge in [0.15, 0.2) is 11.5 Å². The number of ether oxygens (including phenoxy) is 3. The zero-order valence-corrected chi connectivity index (χ0v) is 15.0. The first kappa shape index (κ1) is 18.4. The molecule has 1 saturated heterocycles. The highest BCUT2D eigenvalue weighted by molar-refractivity contribution is 5.74. The highest BCUT2D eigenvalue weighted by Crippen LogP contribution is 2.33. The molecule has 1 aliphatic heterocycles. The van der Waals surface area contributed by atoms with Crippen LogP contribution in [0.4, 0.5) is 4.79 Å². The average Bonchev–Trinajstić information content (AvgIpc) is 2.61. The van der Waals surface area contributed by atoms with Gasteiger partial charge in [0.05, 0.1) is 27.4 Å². The van der Waals surface area contributed by atoms with E-state index in [0.29, 0.717) is 50.3 Å². The fourth-order valence-electron chi connectivity index (χ4n) is 2.90. The first-order valence-corrected chi connectivity index (χ1v) is 8.39. The summed E-state index contributed by atoms with van der Waals surface area (Å²) in [6.07, 6.45) is 0. The van der Waals surface area contributed by atoms with Gasteiger partial charge in [-0.2, -0.15) is 0 Å². The summed E-state index contributed by atoms with van der Waals surface area (Å²) < 4.78 is 16.0. The number of benzene rings is 1. The zero-order chi connectivity index (χ0) is 17.5. The third kappa shape index (κ3) is 4.54. The second-order valence-electron chi connectivity index (χ2n) is 6.25. The second kappa shape index (κ2) is 8.78. The Balaban J connectivity index is 2.05. The molecule has 0 spiro atoms. The molecule has 1 heterocycles. The number of urea groups is 1. The van der Waals surface area contributed by atoms with Crippen LogP contribution in [-0.4, -0.2) is 58.0 Å². The number of carbonyl (C=O) groups is 1. The summed E-state index contributed by atoms with van der Waals surface area (Å²) >= 11 is 0. The molecule has 2 amide bonds. The minimum absolute atomic E-state index is 0.0237. The van der Waals surface area contributed by atoms with Crippen molar-refractivity contribution in [3.8, 4) is 11.5 Å². The van der Waals surface area contributed by atoms with Gasteiger partial charge in [-0.15, -0.1) is 0 Å². The van der Waals surface area contributed by atoms with Crippen LogP contribution in [0, 0.1) is 5.92 Å². The topological polar surface area (TPSA) is 60.0 Å². The third-order valence-corrected chi connectivity index (χ3v) is 4.41. The lowest BCUT2D eigenvalue weighted by atomic mass is 9.88. The number of hydrogen-bond acceptors (Lipinski definition) is 4. The summed E-state index contributed by atoms with van der Waals surface area (Å²) in [6.45, 7) is 7.41. The number of nitrogens with one attached hydrogen (secondary N) is 1. The largest absolute Gasteiger partial charge is 0.493 e. The summed E-state index contributed by atoms with van der Waals surface area (Å²) in [6, 6.07) is 5.91. The Hall–Kier alpha value is -1.95. The zero-order valence-electron chi connectivity index (χ0n) is 15.0. The van der Waals surface area contributed by atoms with Crippen molar-refractivity contribution in [3.05, 3.63) is 23.8 Å². The highest BCUT2D eigenvalue weighted by atomic mass is 16.5. The molecule has 0 radical (unpaired) electrons. The van der Waals surface area contributed by atoms with E-state index in [9.17, 15) is 4.79 Å². The van der Waals surface area contributed by atoms with Crippen molar-refractivity contribution in [3.63, 3.8) is 0 Å². The van der Waals surface area contributed by atoms with Gasteiger partial charge in [-0.3, -0.25) is 0 Å². The van der Waals surface area contributed by atoms with Crippen molar-refractivity contribution in [2.75, 3.05) is 47.1 Å². The molecule has 6 nitrogen and oxygen atoms in total. The first-order chi connectivity index (χ1) is 11.6. The Morgan fingerprint density at radius 2 is 1.88 bits per heavy atom. The maximum absolute atomic E-state index is 12.3. The summed E-state index contributed by atoms with van der Waals surface area (Å²) in [5.41, 5.74) is 1.13. The van der Waals surface area contributed by atoms with E-state index >= 15 is 0 Å². The maximum atomic E-state index is 12.3. The van der Waals surface area contributed by atoms with E-state index in [1.54, 1.807) is 19.1 Å². The number of morpholine rings is 1. The first-order valence-electron chi connectivity index (χ1n) is 8.39. The lowest BCUT2D eigenvalue weighted by Crippen LogP contribution is -2.47. The van der Waals surface area contributed by atoms with Crippen LogP contribution in [0.25, 0.3) is 0 Å². The Bertz CT molecular complexity index is 542. The molecular formula is C18H28N2O4. The molecule has 1 N–H and O–H groups in total. The molecule has 1 fully saturated rings. The van der Waals surface area contributed by atoms with Gasteiger partial charge in [0.2, 0.25) is 0 Å². The van der Waals surface area contributed by atoms with E-state index in [2.05, 4.69) is 19.2 Å². The van der Waals surface area contributed by atoms with Crippen LogP contribution in [0.15, 0.2) is 18.2 Å². The van der Waals surface area contributed by atoms with Crippen LogP contribution < -0.4 is 14.8 Å². The van der Waals surface area contributed by atoms with Gasteiger partial charge in [0, 0.05) is 25.6 Å². The molecule has 1 aromatic carbocycles. The van der Waals surface area contributed by atoms with Gasteiger partial charge in [-0.05, 0) is 23.6 Å². The van der Waals surface area contributed by atoms with E-state index in [-0.39, 0.29) is 11.9 Å². The number of amides is 2. The standard InChI is InChI=1S/C18H28N2O4/c1-13(2)15(12-19-18(21)20-7-9-24-10-8-20)14-5-6-16(22-3)17(11-14)23-4/h5-6,11,13,15H,7-10,12H2,1-4H3,(H,19,21). The van der Waals surface area contributed by atoms with Crippen LogP contribution in [0.3, 0.4) is 0 Å². The van der Waals surface area contributed by atoms with E-state index in [1.807, 2.05) is 18.2 Å². The number of methoxy groups -OCH3 is 2. The molecule has 24 heavy (non-hydrogen) atoms. The fraction of sp³-hybridized carbons (Fsp3) is 0.611. The normalized spacial score (nSPS) is 16.0. The van der Waals surface area contributed by atoms with E-state index in [4.69, 9.17) is 14.2 Å². The van der Waals surface area contributed by atoms with Crippen molar-refractivity contribution in [1.82, 2.24) is 10.2 Å². The Labute approximate surface area is 144 Å². The monoisotopic (exact) mass is 336 g/mol. The Morgan fingerprint density at radius 3 is 2.46 bits per heavy atom. The van der Waals surface area contributed by atoms with E-state index in [1.165, 1.54) is 0 Å². The minimum atomic E-state index is -0.0237. The molecule has 1 unspecified atom stereocenters. The van der Waals surface area contributed by atoms with Crippen LogP contribution in [0.5, 0.6) is 11.5 Å². The van der Waals surface area contributed by atoms with Crippen LogP contribution in [-0.2, 0) is 4.74 Å². The third-order valence-electron chi connectivity index (χ3n) is 4.41. The fourth-order valence-corrected chi connectivity index (χ4v) is 2.90. The predicted molar refractivity (Wildman–Crippen MR) is 92.9 cm³/mol. The Morgan fingerprint density at radius 1 is 1.21 bits per heavy atom. The van der Waals surface area contributed by atoms with Crippen molar-refractivity contribution in [1.29, 1.82) is 0 Å². The Kier molecular flexibility index (Phi) is 6.73. The summed E-state index contributed by atoms with van der Waals surface area (Å²) in [7, 11) is 3.26. The summed E-state index contributed by atoms with van der Waals surface area (Å²) in [5.74, 6) is 2.00. The SMILES string of the molecule is COc1ccc(C(CNC(=O)N2CCOCC2)C(C)C)cc1OC. The molecule has 1 aromatic rings.